The Labute approximate surface area is 120 Å². The maximum absolute atomic E-state index is 6.44. The molecule has 3 rings (SSSR count). The lowest BCUT2D eigenvalue weighted by Gasteiger charge is -2.18. The predicted octanol–water partition coefficient (Wildman–Crippen LogP) is 3.89. The van der Waals surface area contributed by atoms with E-state index in [1.54, 1.807) is 0 Å². The maximum atomic E-state index is 6.44. The van der Waals surface area contributed by atoms with Crippen molar-refractivity contribution in [2.24, 2.45) is 5.73 Å². The summed E-state index contributed by atoms with van der Waals surface area (Å²) in [4.78, 5) is 0. The minimum Gasteiger partial charge on any atom is -0.490 e. The molecule has 0 heterocycles. The lowest BCUT2D eigenvalue weighted by Crippen LogP contribution is -2.14. The Balaban J connectivity index is 1.84. The van der Waals surface area contributed by atoms with Gasteiger partial charge < -0.3 is 10.5 Å². The molecule has 2 aromatic carbocycles. The average Bonchev–Trinajstić information content (AvgIpc) is 3.23. The van der Waals surface area contributed by atoms with Gasteiger partial charge in [0.05, 0.1) is 12.1 Å². The van der Waals surface area contributed by atoms with E-state index >= 15 is 0 Å². The van der Waals surface area contributed by atoms with Gasteiger partial charge in [-0.25, -0.2) is 0 Å². The van der Waals surface area contributed by atoms with E-state index in [2.05, 4.69) is 44.2 Å². The van der Waals surface area contributed by atoms with Gasteiger partial charge in [0.25, 0.3) is 0 Å². The van der Waals surface area contributed by atoms with Gasteiger partial charge in [0, 0.05) is 0 Å². The van der Waals surface area contributed by atoms with Gasteiger partial charge in [0.2, 0.25) is 0 Å². The molecule has 0 spiro atoms. The maximum Gasteiger partial charge on any atom is 0.119 e. The van der Waals surface area contributed by atoms with Crippen LogP contribution in [0, 0.1) is 13.8 Å². The van der Waals surface area contributed by atoms with Crippen LogP contribution in [0.2, 0.25) is 0 Å². The first-order chi connectivity index (χ1) is 9.65. The van der Waals surface area contributed by atoms with Crippen LogP contribution in [0.15, 0.2) is 42.5 Å². The van der Waals surface area contributed by atoms with E-state index in [4.69, 9.17) is 10.5 Å². The molecule has 1 aliphatic rings. The van der Waals surface area contributed by atoms with E-state index in [1.807, 2.05) is 12.1 Å². The van der Waals surface area contributed by atoms with E-state index in [1.165, 1.54) is 29.5 Å². The first-order valence-corrected chi connectivity index (χ1v) is 7.23. The summed E-state index contributed by atoms with van der Waals surface area (Å²) in [5, 5.41) is 0. The largest absolute Gasteiger partial charge is 0.490 e. The van der Waals surface area contributed by atoms with E-state index in [0.717, 1.165) is 11.3 Å². The molecule has 0 amide bonds. The van der Waals surface area contributed by atoms with Crippen LogP contribution in [0.25, 0.3) is 0 Å². The zero-order valence-electron chi connectivity index (χ0n) is 12.1. The molecule has 2 nitrogen and oxygen atoms in total. The minimum atomic E-state index is -0.0776. The van der Waals surface area contributed by atoms with Gasteiger partial charge in [-0.2, -0.15) is 0 Å². The third-order valence-electron chi connectivity index (χ3n) is 3.92. The zero-order valence-corrected chi connectivity index (χ0v) is 12.1. The summed E-state index contributed by atoms with van der Waals surface area (Å²) in [6.07, 6.45) is 2.81. The second-order valence-corrected chi connectivity index (χ2v) is 5.67. The Bertz CT molecular complexity index is 579. The molecule has 0 saturated heterocycles. The summed E-state index contributed by atoms with van der Waals surface area (Å²) < 4.78 is 5.77. The third kappa shape index (κ3) is 2.70. The van der Waals surface area contributed by atoms with Gasteiger partial charge in [0.1, 0.15) is 5.75 Å². The third-order valence-corrected chi connectivity index (χ3v) is 3.92. The fourth-order valence-corrected chi connectivity index (χ4v) is 2.62. The van der Waals surface area contributed by atoms with Gasteiger partial charge in [0.15, 0.2) is 0 Å². The lowest BCUT2D eigenvalue weighted by molar-refractivity contribution is 0.303. The molecule has 20 heavy (non-hydrogen) atoms. The molecule has 1 aliphatic carbocycles. The van der Waals surface area contributed by atoms with E-state index in [0.29, 0.717) is 6.10 Å². The topological polar surface area (TPSA) is 35.2 Å². The van der Waals surface area contributed by atoms with Gasteiger partial charge in [-0.15, -0.1) is 0 Å². The van der Waals surface area contributed by atoms with Crippen LogP contribution in [0.1, 0.15) is 41.1 Å². The number of aryl methyl sites for hydroxylation is 2. The van der Waals surface area contributed by atoms with Crippen LogP contribution >= 0.6 is 0 Å². The fourth-order valence-electron chi connectivity index (χ4n) is 2.62. The summed E-state index contributed by atoms with van der Waals surface area (Å²) in [5.74, 6) is 0.949. The lowest BCUT2D eigenvalue weighted by atomic mass is 9.92. The SMILES string of the molecule is Cc1cccc(C)c1C(N)c1ccc(OC2CC2)cc1. The first kappa shape index (κ1) is 13.2. The minimum absolute atomic E-state index is 0.0776. The molecule has 0 bridgehead atoms. The van der Waals surface area contributed by atoms with E-state index in [-0.39, 0.29) is 6.04 Å². The molecule has 2 aromatic rings. The van der Waals surface area contributed by atoms with Crippen molar-refractivity contribution in [3.63, 3.8) is 0 Å². The van der Waals surface area contributed by atoms with Gasteiger partial charge in [-0.05, 0) is 61.1 Å². The number of benzene rings is 2. The quantitative estimate of drug-likeness (QED) is 0.912. The molecule has 0 aromatic heterocycles. The average molecular weight is 267 g/mol. The monoisotopic (exact) mass is 267 g/mol. The Hall–Kier alpha value is -1.80. The molecule has 1 atom stereocenters. The van der Waals surface area contributed by atoms with Crippen molar-refractivity contribution in [2.75, 3.05) is 0 Å². The van der Waals surface area contributed by atoms with Crippen LogP contribution in [0.5, 0.6) is 5.75 Å². The molecule has 1 saturated carbocycles. The molecule has 2 heteroatoms. The highest BCUT2D eigenvalue weighted by Crippen LogP contribution is 2.29. The van der Waals surface area contributed by atoms with Gasteiger partial charge >= 0.3 is 0 Å². The van der Waals surface area contributed by atoms with Crippen molar-refractivity contribution < 1.29 is 4.74 Å². The predicted molar refractivity (Wildman–Crippen MR) is 82.0 cm³/mol. The van der Waals surface area contributed by atoms with E-state index < -0.39 is 0 Å². The van der Waals surface area contributed by atoms with Crippen LogP contribution < -0.4 is 10.5 Å². The highest BCUT2D eigenvalue weighted by molar-refractivity contribution is 5.42. The summed E-state index contributed by atoms with van der Waals surface area (Å²) in [5.41, 5.74) is 11.3. The summed E-state index contributed by atoms with van der Waals surface area (Å²) >= 11 is 0. The fraction of sp³-hybridized carbons (Fsp3) is 0.333. The Morgan fingerprint density at radius 1 is 1.00 bits per heavy atom. The summed E-state index contributed by atoms with van der Waals surface area (Å²) in [7, 11) is 0. The number of nitrogens with two attached hydrogens (primary N) is 1. The van der Waals surface area contributed by atoms with Crippen molar-refractivity contribution in [1.29, 1.82) is 0 Å². The van der Waals surface area contributed by atoms with E-state index in [9.17, 15) is 0 Å². The molecule has 1 fully saturated rings. The standard InChI is InChI=1S/C18H21NO/c1-12-4-3-5-13(2)17(12)18(19)14-6-8-15(9-7-14)20-16-10-11-16/h3-9,16,18H,10-11,19H2,1-2H3. The molecule has 1 unspecified atom stereocenters. The Morgan fingerprint density at radius 2 is 1.60 bits per heavy atom. The van der Waals surface area contributed by atoms with Gasteiger partial charge in [-0.3, -0.25) is 0 Å². The summed E-state index contributed by atoms with van der Waals surface area (Å²) in [6.45, 7) is 4.24. The Morgan fingerprint density at radius 3 is 2.15 bits per heavy atom. The van der Waals surface area contributed by atoms with Crippen molar-refractivity contribution in [3.8, 4) is 5.75 Å². The van der Waals surface area contributed by atoms with Crippen LogP contribution in [-0.4, -0.2) is 6.10 Å². The second kappa shape index (κ2) is 5.29. The van der Waals surface area contributed by atoms with Gasteiger partial charge in [-0.1, -0.05) is 30.3 Å². The molecule has 104 valence electrons. The first-order valence-electron chi connectivity index (χ1n) is 7.23. The highest BCUT2D eigenvalue weighted by atomic mass is 16.5. The number of ether oxygens (including phenoxy) is 1. The van der Waals surface area contributed by atoms with Crippen LogP contribution in [0.4, 0.5) is 0 Å². The van der Waals surface area contributed by atoms with Crippen molar-refractivity contribution in [1.82, 2.24) is 0 Å². The van der Waals surface area contributed by atoms with Crippen molar-refractivity contribution >= 4 is 0 Å². The smallest absolute Gasteiger partial charge is 0.119 e. The van der Waals surface area contributed by atoms with Crippen molar-refractivity contribution in [2.45, 2.75) is 38.8 Å². The Kier molecular flexibility index (Phi) is 3.49. The summed E-state index contributed by atoms with van der Waals surface area (Å²) in [6, 6.07) is 14.4. The molecule has 0 aliphatic heterocycles. The molecular formula is C18H21NO. The molecule has 2 N–H and O–H groups in total. The zero-order chi connectivity index (χ0) is 14.1. The highest BCUT2D eigenvalue weighted by Gasteiger charge is 2.23. The second-order valence-electron chi connectivity index (χ2n) is 5.67. The number of rotatable bonds is 4. The van der Waals surface area contributed by atoms with Crippen LogP contribution in [-0.2, 0) is 0 Å². The van der Waals surface area contributed by atoms with Crippen molar-refractivity contribution in [3.05, 3.63) is 64.7 Å². The van der Waals surface area contributed by atoms with Crippen LogP contribution in [0.3, 0.4) is 0 Å². The molecule has 0 radical (unpaired) electrons. The number of hydrogen-bond donors (Lipinski definition) is 1. The normalized spacial score (nSPS) is 15.9. The number of hydrogen-bond acceptors (Lipinski definition) is 2. The molecular weight excluding hydrogens is 246 g/mol.